The highest BCUT2D eigenvalue weighted by Gasteiger charge is 2.25. The molecule has 2 aromatic rings. The maximum Gasteiger partial charge on any atom is 0.247 e. The van der Waals surface area contributed by atoms with Gasteiger partial charge in [0.1, 0.15) is 12.3 Å². The number of carbonyl (C=O) groups excluding carboxylic acids is 2. The first-order chi connectivity index (χ1) is 20.0. The van der Waals surface area contributed by atoms with E-state index < -0.39 is 6.04 Å². The summed E-state index contributed by atoms with van der Waals surface area (Å²) in [6.07, 6.45) is 17.7. The molecule has 1 atom stereocenters. The summed E-state index contributed by atoms with van der Waals surface area (Å²) in [7, 11) is 1.85. The summed E-state index contributed by atoms with van der Waals surface area (Å²) < 4.78 is 0. The molecule has 7 nitrogen and oxygen atoms in total. The van der Waals surface area contributed by atoms with Gasteiger partial charge in [0.25, 0.3) is 0 Å². The Bertz CT molecular complexity index is 1300. The standard InChI is InChI=1S/C27H33N3O2.C7H10N2/c1-3-21-19-24(16-17-25(21)28-4-2)29-26(27(32)30-23-10-6-5-7-11-23)22-14-12-20(13-15-22)9-8-18-31;1-9-7-5-3-2-4-6(7)8/h3,8-9,12-19,23,26,29H,4-7,10-11H2,1-2H3,(H,30,32);2-5,9H,8H2,1H3/b9-8+,21-3-,28-25?;. The first-order valence-corrected chi connectivity index (χ1v) is 14.4. The number of rotatable bonds is 9. The number of allylic oxidation sites excluding steroid dienone is 6. The van der Waals surface area contributed by atoms with E-state index in [4.69, 9.17) is 5.73 Å². The van der Waals surface area contributed by atoms with Gasteiger partial charge in [-0.05, 0) is 79.8 Å². The van der Waals surface area contributed by atoms with E-state index in [2.05, 4.69) is 20.9 Å². The zero-order valence-electron chi connectivity index (χ0n) is 24.4. The number of nitrogen functional groups attached to an aromatic ring is 1. The van der Waals surface area contributed by atoms with Crippen molar-refractivity contribution in [2.24, 2.45) is 4.99 Å². The number of amides is 1. The largest absolute Gasteiger partial charge is 0.397 e. The molecule has 2 aromatic carbocycles. The van der Waals surface area contributed by atoms with Gasteiger partial charge in [-0.1, -0.05) is 67.8 Å². The van der Waals surface area contributed by atoms with Gasteiger partial charge in [0.2, 0.25) is 5.91 Å². The zero-order chi connectivity index (χ0) is 29.5. The second kappa shape index (κ2) is 16.7. The summed E-state index contributed by atoms with van der Waals surface area (Å²) in [5.74, 6) is -0.0163. The molecule has 7 heteroatoms. The monoisotopic (exact) mass is 553 g/mol. The second-order valence-electron chi connectivity index (χ2n) is 9.96. The van der Waals surface area contributed by atoms with Crippen LogP contribution in [-0.2, 0) is 9.59 Å². The molecule has 5 N–H and O–H groups in total. The van der Waals surface area contributed by atoms with E-state index in [9.17, 15) is 9.59 Å². The molecule has 0 aromatic heterocycles. The third-order valence-electron chi connectivity index (χ3n) is 7.06. The highest BCUT2D eigenvalue weighted by Crippen LogP contribution is 2.23. The molecule has 0 spiro atoms. The van der Waals surface area contributed by atoms with Gasteiger partial charge in [0.15, 0.2) is 0 Å². The Morgan fingerprint density at radius 3 is 2.41 bits per heavy atom. The van der Waals surface area contributed by atoms with Crippen LogP contribution in [0, 0.1) is 0 Å². The number of para-hydroxylation sites is 2. The summed E-state index contributed by atoms with van der Waals surface area (Å²) in [5.41, 5.74) is 12.0. The van der Waals surface area contributed by atoms with Crippen LogP contribution in [0.3, 0.4) is 0 Å². The molecule has 0 bridgehead atoms. The molecule has 1 fully saturated rings. The fraction of sp³-hybridized carbons (Fsp3) is 0.324. The normalized spacial score (nSPS) is 17.9. The van der Waals surface area contributed by atoms with Gasteiger partial charge in [-0.2, -0.15) is 0 Å². The van der Waals surface area contributed by atoms with Crippen molar-refractivity contribution >= 4 is 35.4 Å². The first kappa shape index (κ1) is 31.1. The molecule has 4 rings (SSSR count). The van der Waals surface area contributed by atoms with Crippen molar-refractivity contribution in [3.63, 3.8) is 0 Å². The van der Waals surface area contributed by atoms with Crippen LogP contribution in [0.25, 0.3) is 6.08 Å². The Kier molecular flexibility index (Phi) is 12.6. The number of hydrogen-bond donors (Lipinski definition) is 4. The van der Waals surface area contributed by atoms with Crippen molar-refractivity contribution in [2.45, 2.75) is 58.0 Å². The predicted molar refractivity (Wildman–Crippen MR) is 172 cm³/mol. The number of nitrogens with zero attached hydrogens (tertiary/aromatic N) is 1. The molecule has 216 valence electrons. The molecule has 1 amide bonds. The minimum atomic E-state index is -0.514. The summed E-state index contributed by atoms with van der Waals surface area (Å²) in [6, 6.07) is 15.1. The van der Waals surface area contributed by atoms with E-state index >= 15 is 0 Å². The number of nitrogens with one attached hydrogen (secondary N) is 3. The predicted octanol–water partition coefficient (Wildman–Crippen LogP) is 6.15. The molecular formula is C34H43N5O2. The molecule has 0 radical (unpaired) electrons. The van der Waals surface area contributed by atoms with E-state index in [-0.39, 0.29) is 11.9 Å². The van der Waals surface area contributed by atoms with Crippen molar-refractivity contribution in [2.75, 3.05) is 24.6 Å². The third-order valence-corrected chi connectivity index (χ3v) is 7.06. The van der Waals surface area contributed by atoms with Gasteiger partial charge < -0.3 is 21.7 Å². The van der Waals surface area contributed by atoms with Gasteiger partial charge in [-0.25, -0.2) is 0 Å². The van der Waals surface area contributed by atoms with Gasteiger partial charge in [0.05, 0.1) is 17.1 Å². The second-order valence-corrected chi connectivity index (χ2v) is 9.96. The lowest BCUT2D eigenvalue weighted by molar-refractivity contribution is -0.124. The van der Waals surface area contributed by atoms with E-state index in [1.54, 1.807) is 6.08 Å². The lowest BCUT2D eigenvalue weighted by Crippen LogP contribution is -2.43. The van der Waals surface area contributed by atoms with Crippen molar-refractivity contribution in [3.8, 4) is 0 Å². The molecule has 0 saturated heterocycles. The van der Waals surface area contributed by atoms with Crippen LogP contribution < -0.4 is 21.7 Å². The summed E-state index contributed by atoms with van der Waals surface area (Å²) >= 11 is 0. The lowest BCUT2D eigenvalue weighted by Gasteiger charge is -2.27. The van der Waals surface area contributed by atoms with Crippen molar-refractivity contribution < 1.29 is 9.59 Å². The van der Waals surface area contributed by atoms with E-state index in [1.165, 1.54) is 25.3 Å². The number of anilines is 2. The maximum atomic E-state index is 13.3. The maximum absolute atomic E-state index is 13.3. The SMILES string of the molecule is C/C=C1/C=C(NC(C(=O)NC2CCCCC2)c2ccc(/C=C/C=O)cc2)C=CC1=NCC.CNc1ccccc1N. The number of carbonyl (C=O) groups is 2. The lowest BCUT2D eigenvalue weighted by atomic mass is 9.94. The zero-order valence-corrected chi connectivity index (χ0v) is 24.4. The Morgan fingerprint density at radius 2 is 1.80 bits per heavy atom. The van der Waals surface area contributed by atoms with Gasteiger partial charge in [-0.15, -0.1) is 0 Å². The number of aliphatic imine (C=N–C) groups is 1. The Balaban J connectivity index is 0.000000436. The number of hydrogen-bond acceptors (Lipinski definition) is 6. The highest BCUT2D eigenvalue weighted by molar-refractivity contribution is 6.11. The fourth-order valence-electron chi connectivity index (χ4n) is 4.86. The number of nitrogens with two attached hydrogens (primary N) is 1. The van der Waals surface area contributed by atoms with Gasteiger partial charge >= 0.3 is 0 Å². The van der Waals surface area contributed by atoms with Crippen LogP contribution in [0.4, 0.5) is 11.4 Å². The smallest absolute Gasteiger partial charge is 0.247 e. The van der Waals surface area contributed by atoms with Crippen LogP contribution in [-0.4, -0.2) is 37.5 Å². The Morgan fingerprint density at radius 1 is 1.07 bits per heavy atom. The van der Waals surface area contributed by atoms with Crippen molar-refractivity contribution in [1.29, 1.82) is 0 Å². The minimum Gasteiger partial charge on any atom is -0.397 e. The minimum absolute atomic E-state index is 0.0163. The molecule has 2 aliphatic rings. The molecule has 2 aliphatic carbocycles. The molecule has 0 heterocycles. The summed E-state index contributed by atoms with van der Waals surface area (Å²) in [4.78, 5) is 28.5. The van der Waals surface area contributed by atoms with E-state index in [0.717, 1.165) is 65.2 Å². The molecule has 1 unspecified atom stereocenters. The first-order valence-electron chi connectivity index (χ1n) is 14.4. The Hall–Kier alpha value is -4.39. The van der Waals surface area contributed by atoms with Crippen LogP contribution in [0.15, 0.2) is 95.2 Å². The molecule has 41 heavy (non-hydrogen) atoms. The van der Waals surface area contributed by atoms with Crippen LogP contribution in [0.2, 0.25) is 0 Å². The average Bonchev–Trinajstić information content (AvgIpc) is 3.01. The van der Waals surface area contributed by atoms with Crippen molar-refractivity contribution in [1.82, 2.24) is 10.6 Å². The quantitative estimate of drug-likeness (QED) is 0.169. The highest BCUT2D eigenvalue weighted by atomic mass is 16.2. The van der Waals surface area contributed by atoms with Crippen LogP contribution in [0.5, 0.6) is 0 Å². The van der Waals surface area contributed by atoms with E-state index in [1.807, 2.05) is 93.7 Å². The average molecular weight is 554 g/mol. The summed E-state index contributed by atoms with van der Waals surface area (Å²) in [6.45, 7) is 4.74. The molecule has 1 saturated carbocycles. The van der Waals surface area contributed by atoms with E-state index in [0.29, 0.717) is 0 Å². The topological polar surface area (TPSA) is 109 Å². The molecule has 0 aliphatic heterocycles. The number of benzene rings is 2. The summed E-state index contributed by atoms with van der Waals surface area (Å²) in [5, 5.41) is 9.67. The number of aldehydes is 1. The van der Waals surface area contributed by atoms with Crippen molar-refractivity contribution in [3.05, 3.63) is 101 Å². The fourth-order valence-corrected chi connectivity index (χ4v) is 4.86. The molecular weight excluding hydrogens is 510 g/mol. The van der Waals surface area contributed by atoms with Crippen LogP contribution >= 0.6 is 0 Å². The van der Waals surface area contributed by atoms with Gasteiger partial charge in [0, 0.05) is 25.3 Å². The third kappa shape index (κ3) is 9.64. The van der Waals surface area contributed by atoms with Gasteiger partial charge in [-0.3, -0.25) is 14.6 Å². The van der Waals surface area contributed by atoms with Crippen LogP contribution in [0.1, 0.15) is 63.1 Å². The Labute approximate surface area is 244 Å².